The van der Waals surface area contributed by atoms with E-state index in [9.17, 15) is 9.59 Å². The molecule has 0 fully saturated rings. The van der Waals surface area contributed by atoms with Gasteiger partial charge in [-0.25, -0.2) is 0 Å². The monoisotopic (exact) mass is 467 g/mol. The summed E-state index contributed by atoms with van der Waals surface area (Å²) in [6.45, 7) is 5.71. The number of nitrogens with one attached hydrogen (secondary N) is 1. The third-order valence-electron chi connectivity index (χ3n) is 6.73. The topological polar surface area (TPSA) is 98.2 Å². The molecule has 196 valence electrons. The molecule has 5 nitrogen and oxygen atoms in total. The fraction of sp³-hybridized carbons (Fsp3) is 0.929. The minimum Gasteiger partial charge on any atom is -0.329 e. The lowest BCUT2D eigenvalue weighted by Gasteiger charge is -2.27. The first kappa shape index (κ1) is 32.2. The minimum atomic E-state index is -1.39. The van der Waals surface area contributed by atoms with E-state index in [1.807, 2.05) is 0 Å². The highest BCUT2D eigenvalue weighted by Crippen LogP contribution is 2.17. The van der Waals surface area contributed by atoms with Gasteiger partial charge >= 0.3 is 0 Å². The molecule has 0 aliphatic heterocycles. The summed E-state index contributed by atoms with van der Waals surface area (Å²) in [7, 11) is 0. The highest BCUT2D eigenvalue weighted by Gasteiger charge is 2.39. The fourth-order valence-electron chi connectivity index (χ4n) is 4.38. The van der Waals surface area contributed by atoms with Crippen molar-refractivity contribution < 1.29 is 9.59 Å². The molecule has 0 saturated heterocycles. The van der Waals surface area contributed by atoms with E-state index in [1.165, 1.54) is 77.0 Å². The zero-order valence-corrected chi connectivity index (χ0v) is 22.2. The molecule has 33 heavy (non-hydrogen) atoms. The lowest BCUT2D eigenvalue weighted by molar-refractivity contribution is -0.134. The average Bonchev–Trinajstić information content (AvgIpc) is 2.81. The smallest absolute Gasteiger partial charge is 0.161 e. The molecule has 0 aromatic rings. The van der Waals surface area contributed by atoms with Gasteiger partial charge in [-0.1, -0.05) is 117 Å². The van der Waals surface area contributed by atoms with Crippen molar-refractivity contribution >= 4 is 11.6 Å². The number of rotatable bonds is 26. The van der Waals surface area contributed by atoms with Crippen LogP contribution in [0.15, 0.2) is 0 Å². The maximum atomic E-state index is 13.0. The summed E-state index contributed by atoms with van der Waals surface area (Å²) in [6.07, 6.45) is 22.4. The molecule has 0 unspecified atom stereocenters. The quantitative estimate of drug-likeness (QED) is 0.104. The molecule has 0 amide bonds. The van der Waals surface area contributed by atoms with Gasteiger partial charge in [-0.15, -0.1) is 0 Å². The van der Waals surface area contributed by atoms with Crippen molar-refractivity contribution in [1.29, 1.82) is 0 Å². The molecule has 0 aliphatic carbocycles. The molecular weight excluding hydrogens is 410 g/mol. The first-order valence-corrected chi connectivity index (χ1v) is 14.3. The van der Waals surface area contributed by atoms with E-state index in [2.05, 4.69) is 19.2 Å². The second-order valence-corrected chi connectivity index (χ2v) is 9.94. The SMILES string of the molecule is CCCCCCCCCCCC(=O)C(N)(CNCCN)C(=O)CCCCCCCCCCC. The molecule has 0 radical (unpaired) electrons. The molecule has 0 aromatic heterocycles. The van der Waals surface area contributed by atoms with Gasteiger partial charge < -0.3 is 16.8 Å². The lowest BCUT2D eigenvalue weighted by atomic mass is 9.84. The Morgan fingerprint density at radius 1 is 0.606 bits per heavy atom. The Balaban J connectivity index is 4.24. The Morgan fingerprint density at radius 3 is 1.27 bits per heavy atom. The summed E-state index contributed by atoms with van der Waals surface area (Å²) in [4.78, 5) is 25.9. The number of ketones is 2. The van der Waals surface area contributed by atoms with Gasteiger partial charge in [-0.05, 0) is 12.8 Å². The van der Waals surface area contributed by atoms with Crippen LogP contribution in [-0.2, 0) is 9.59 Å². The molecular formula is C28H57N3O2. The molecule has 0 heterocycles. The van der Waals surface area contributed by atoms with Crippen LogP contribution < -0.4 is 16.8 Å². The van der Waals surface area contributed by atoms with Gasteiger partial charge in [0.1, 0.15) is 5.54 Å². The van der Waals surface area contributed by atoms with Gasteiger partial charge in [0.05, 0.1) is 0 Å². The Morgan fingerprint density at radius 2 is 0.939 bits per heavy atom. The Bertz CT molecular complexity index is 434. The van der Waals surface area contributed by atoms with Gasteiger partial charge in [0.2, 0.25) is 0 Å². The molecule has 5 heteroatoms. The van der Waals surface area contributed by atoms with E-state index in [1.54, 1.807) is 0 Å². The van der Waals surface area contributed by atoms with Gasteiger partial charge in [-0.3, -0.25) is 9.59 Å². The van der Waals surface area contributed by atoms with Crippen LogP contribution >= 0.6 is 0 Å². The van der Waals surface area contributed by atoms with Crippen molar-refractivity contribution in [3.8, 4) is 0 Å². The largest absolute Gasteiger partial charge is 0.329 e. The third kappa shape index (κ3) is 17.3. The second-order valence-electron chi connectivity index (χ2n) is 9.94. The first-order valence-electron chi connectivity index (χ1n) is 14.3. The fourth-order valence-corrected chi connectivity index (χ4v) is 4.38. The van der Waals surface area contributed by atoms with E-state index in [0.717, 1.165) is 38.5 Å². The highest BCUT2D eigenvalue weighted by atomic mass is 16.2. The van der Waals surface area contributed by atoms with E-state index in [4.69, 9.17) is 11.5 Å². The van der Waals surface area contributed by atoms with Crippen molar-refractivity contribution in [3.63, 3.8) is 0 Å². The maximum absolute atomic E-state index is 13.0. The van der Waals surface area contributed by atoms with Crippen LogP contribution in [0.1, 0.15) is 142 Å². The van der Waals surface area contributed by atoms with Crippen molar-refractivity contribution in [2.75, 3.05) is 19.6 Å². The predicted octanol–water partition coefficient (Wildman–Crippen LogP) is 6.21. The number of Topliss-reactive ketones (excluding diaryl/α,β-unsaturated/α-hetero) is 2. The van der Waals surface area contributed by atoms with Crippen LogP contribution in [0.3, 0.4) is 0 Å². The lowest BCUT2D eigenvalue weighted by Crippen LogP contribution is -2.61. The molecule has 0 saturated carbocycles. The molecule has 5 N–H and O–H groups in total. The molecule has 0 spiro atoms. The summed E-state index contributed by atoms with van der Waals surface area (Å²) in [5, 5.41) is 3.12. The van der Waals surface area contributed by atoms with Crippen LogP contribution in [0.25, 0.3) is 0 Å². The highest BCUT2D eigenvalue weighted by molar-refractivity contribution is 6.11. The summed E-state index contributed by atoms with van der Waals surface area (Å²) in [5.74, 6) is -0.202. The van der Waals surface area contributed by atoms with Crippen LogP contribution in [0, 0.1) is 0 Å². The van der Waals surface area contributed by atoms with Crippen LogP contribution in [0.5, 0.6) is 0 Å². The standard InChI is InChI=1S/C28H57N3O2/c1-3-5-7-9-11-13-15-17-19-21-26(32)28(30,25-31-24-23-29)27(33)22-20-18-16-14-12-10-8-6-4-2/h31H,3-25,29-30H2,1-2H3. The summed E-state index contributed by atoms with van der Waals surface area (Å²) in [6, 6.07) is 0. The number of hydrogen-bond acceptors (Lipinski definition) is 5. The number of unbranched alkanes of at least 4 members (excludes halogenated alkanes) is 16. The van der Waals surface area contributed by atoms with E-state index in [-0.39, 0.29) is 18.1 Å². The molecule has 0 aromatic carbocycles. The molecule has 0 rings (SSSR count). The maximum Gasteiger partial charge on any atom is 0.161 e. The minimum absolute atomic E-state index is 0.101. The van der Waals surface area contributed by atoms with E-state index in [0.29, 0.717) is 25.9 Å². The number of carbonyl (C=O) groups is 2. The zero-order chi connectivity index (χ0) is 24.6. The van der Waals surface area contributed by atoms with Crippen LogP contribution in [-0.4, -0.2) is 36.7 Å². The van der Waals surface area contributed by atoms with Crippen LogP contribution in [0.4, 0.5) is 0 Å². The van der Waals surface area contributed by atoms with Crippen molar-refractivity contribution in [1.82, 2.24) is 5.32 Å². The van der Waals surface area contributed by atoms with E-state index >= 15 is 0 Å². The number of nitrogens with two attached hydrogens (primary N) is 2. The van der Waals surface area contributed by atoms with Crippen molar-refractivity contribution in [2.24, 2.45) is 11.5 Å². The van der Waals surface area contributed by atoms with Crippen molar-refractivity contribution in [2.45, 2.75) is 148 Å². The first-order chi connectivity index (χ1) is 16.0. The Kier molecular flexibility index (Phi) is 22.4. The normalized spacial score (nSPS) is 11.8. The van der Waals surface area contributed by atoms with Gasteiger partial charge in [0.25, 0.3) is 0 Å². The number of hydrogen-bond donors (Lipinski definition) is 3. The predicted molar refractivity (Wildman–Crippen MR) is 143 cm³/mol. The second kappa shape index (κ2) is 23.0. The van der Waals surface area contributed by atoms with Gasteiger partial charge in [0, 0.05) is 32.5 Å². The molecule has 0 atom stereocenters. The third-order valence-corrected chi connectivity index (χ3v) is 6.73. The summed E-state index contributed by atoms with van der Waals surface area (Å²) >= 11 is 0. The molecule has 0 aliphatic rings. The van der Waals surface area contributed by atoms with E-state index < -0.39 is 5.54 Å². The average molecular weight is 468 g/mol. The summed E-state index contributed by atoms with van der Waals surface area (Å²) in [5.41, 5.74) is 10.6. The zero-order valence-electron chi connectivity index (χ0n) is 22.2. The van der Waals surface area contributed by atoms with Gasteiger partial charge in [-0.2, -0.15) is 0 Å². The van der Waals surface area contributed by atoms with Gasteiger partial charge in [0.15, 0.2) is 11.6 Å². The Hall–Kier alpha value is -0.780. The van der Waals surface area contributed by atoms with Crippen molar-refractivity contribution in [3.05, 3.63) is 0 Å². The Labute approximate surface area is 205 Å². The summed E-state index contributed by atoms with van der Waals surface area (Å²) < 4.78 is 0. The molecule has 0 bridgehead atoms. The number of carbonyl (C=O) groups excluding carboxylic acids is 2. The van der Waals surface area contributed by atoms with Crippen LogP contribution in [0.2, 0.25) is 0 Å².